The highest BCUT2D eigenvalue weighted by atomic mass is 19.2. The number of rotatable bonds is 0. The predicted octanol–water partition coefficient (Wildman–Crippen LogP) is 3.31. The molecule has 6 rings (SSSR count). The molecule has 0 radical (unpaired) electrons. The second-order valence-electron chi connectivity index (χ2n) is 7.11. The highest BCUT2D eigenvalue weighted by molar-refractivity contribution is 5.68. The van der Waals surface area contributed by atoms with E-state index in [1.165, 1.54) is 0 Å². The summed E-state index contributed by atoms with van der Waals surface area (Å²) in [7, 11) is 0. The number of hydrogen-bond donors (Lipinski definition) is 0. The predicted molar refractivity (Wildman–Crippen MR) is 54.7 cm³/mol. The Bertz CT molecular complexity index is 629. The standard InChI is InChI=1S/C14H8F6/c15-9-10(16)14(20)12(18)8-6-4-2-1-3(4)5(6)7(8)11(12,17)13(9,14)19/h1-8H/t3-,4+,5+,6-,7-,8+,11-,12+,13+,14-. The Morgan fingerprint density at radius 3 is 1.35 bits per heavy atom. The van der Waals surface area contributed by atoms with Gasteiger partial charge in [0, 0.05) is 11.8 Å². The van der Waals surface area contributed by atoms with Crippen molar-refractivity contribution in [1.82, 2.24) is 0 Å². The number of halogens is 6. The third-order valence-electron chi connectivity index (χ3n) is 7.27. The van der Waals surface area contributed by atoms with Gasteiger partial charge in [0.2, 0.25) is 11.3 Å². The van der Waals surface area contributed by atoms with E-state index in [0.29, 0.717) is 0 Å². The lowest BCUT2D eigenvalue weighted by Gasteiger charge is -2.90. The van der Waals surface area contributed by atoms with Crippen LogP contribution in [0.15, 0.2) is 23.8 Å². The first-order valence-electron chi connectivity index (χ1n) is 6.79. The molecule has 4 fully saturated rings. The average Bonchev–Trinajstić information content (AvgIpc) is 2.41. The van der Waals surface area contributed by atoms with E-state index in [-0.39, 0.29) is 23.7 Å². The second kappa shape index (κ2) is 2.18. The normalized spacial score (nSPS) is 76.9. The van der Waals surface area contributed by atoms with Crippen LogP contribution in [0.2, 0.25) is 0 Å². The van der Waals surface area contributed by atoms with Gasteiger partial charge in [0.1, 0.15) is 0 Å². The topological polar surface area (TPSA) is 0 Å². The van der Waals surface area contributed by atoms with Crippen molar-refractivity contribution in [2.45, 2.75) is 22.7 Å². The monoisotopic (exact) mass is 290 g/mol. The van der Waals surface area contributed by atoms with Gasteiger partial charge in [-0.2, -0.15) is 0 Å². The van der Waals surface area contributed by atoms with Crippen molar-refractivity contribution < 1.29 is 26.3 Å². The van der Waals surface area contributed by atoms with Crippen LogP contribution in [0.4, 0.5) is 26.3 Å². The quantitative estimate of drug-likeness (QED) is 0.365. The van der Waals surface area contributed by atoms with Gasteiger partial charge in [-0.1, -0.05) is 12.2 Å². The highest BCUT2D eigenvalue weighted by Crippen LogP contribution is 2.95. The Hall–Kier alpha value is -0.940. The van der Waals surface area contributed by atoms with Gasteiger partial charge in [0.25, 0.3) is 0 Å². The molecular weight excluding hydrogens is 282 g/mol. The Morgan fingerprint density at radius 2 is 1.05 bits per heavy atom. The molecule has 0 aliphatic heterocycles. The summed E-state index contributed by atoms with van der Waals surface area (Å²) in [4.78, 5) is 0. The minimum absolute atomic E-state index is 0.0774. The van der Waals surface area contributed by atoms with Crippen LogP contribution in [-0.4, -0.2) is 22.7 Å². The summed E-state index contributed by atoms with van der Waals surface area (Å²) in [5.74, 6) is -6.53. The molecule has 6 aliphatic rings. The molecule has 106 valence electrons. The van der Waals surface area contributed by atoms with Crippen LogP contribution in [0, 0.1) is 35.5 Å². The third kappa shape index (κ3) is 0.477. The van der Waals surface area contributed by atoms with Crippen LogP contribution < -0.4 is 0 Å². The summed E-state index contributed by atoms with van der Waals surface area (Å²) >= 11 is 0. The fraction of sp³-hybridized carbons (Fsp3) is 0.714. The molecule has 0 unspecified atom stereocenters. The fourth-order valence-corrected chi connectivity index (χ4v) is 6.47. The lowest BCUT2D eigenvalue weighted by atomic mass is 9.14. The smallest absolute Gasteiger partial charge is 0.236 e. The Kier molecular flexibility index (Phi) is 1.17. The zero-order chi connectivity index (χ0) is 14.0. The van der Waals surface area contributed by atoms with Crippen LogP contribution in [0.5, 0.6) is 0 Å². The Morgan fingerprint density at radius 1 is 0.700 bits per heavy atom. The second-order valence-corrected chi connectivity index (χ2v) is 7.11. The third-order valence-corrected chi connectivity index (χ3v) is 7.27. The molecule has 0 heterocycles. The lowest BCUT2D eigenvalue weighted by molar-refractivity contribution is -0.512. The van der Waals surface area contributed by atoms with Crippen LogP contribution in [0.1, 0.15) is 0 Å². The molecule has 10 atom stereocenters. The van der Waals surface area contributed by atoms with Gasteiger partial charge in [0.05, 0.1) is 0 Å². The molecule has 0 aromatic rings. The van der Waals surface area contributed by atoms with Gasteiger partial charge >= 0.3 is 0 Å². The highest BCUT2D eigenvalue weighted by Gasteiger charge is 3.13. The minimum atomic E-state index is -3.75. The largest absolute Gasteiger partial charge is 0.245 e. The lowest BCUT2D eigenvalue weighted by Crippen LogP contribution is -3.08. The van der Waals surface area contributed by atoms with Gasteiger partial charge < -0.3 is 0 Å². The van der Waals surface area contributed by atoms with Crippen molar-refractivity contribution in [2.24, 2.45) is 35.5 Å². The first kappa shape index (κ1) is 10.7. The van der Waals surface area contributed by atoms with E-state index in [1.54, 1.807) is 0 Å². The molecule has 0 aromatic heterocycles. The zero-order valence-corrected chi connectivity index (χ0v) is 9.89. The van der Waals surface area contributed by atoms with Crippen molar-refractivity contribution in [3.05, 3.63) is 23.8 Å². The maximum absolute atomic E-state index is 14.8. The first-order chi connectivity index (χ1) is 9.29. The molecule has 6 aliphatic carbocycles. The van der Waals surface area contributed by atoms with E-state index in [4.69, 9.17) is 0 Å². The zero-order valence-electron chi connectivity index (χ0n) is 9.89. The number of alkyl halides is 4. The first-order valence-corrected chi connectivity index (χ1v) is 6.79. The number of allylic oxidation sites excluding steroid dienone is 4. The van der Waals surface area contributed by atoms with E-state index < -0.39 is 46.2 Å². The molecular formula is C14H8F6. The summed E-state index contributed by atoms with van der Waals surface area (Å²) in [6.45, 7) is 0. The molecule has 0 spiro atoms. The van der Waals surface area contributed by atoms with E-state index in [0.717, 1.165) is 0 Å². The van der Waals surface area contributed by atoms with E-state index in [9.17, 15) is 26.3 Å². The van der Waals surface area contributed by atoms with E-state index in [1.807, 2.05) is 12.2 Å². The summed E-state index contributed by atoms with van der Waals surface area (Å²) in [5.41, 5.74) is -13.9. The summed E-state index contributed by atoms with van der Waals surface area (Å²) in [6, 6.07) is 0. The molecule has 0 amide bonds. The molecule has 6 heteroatoms. The fourth-order valence-electron chi connectivity index (χ4n) is 6.47. The Balaban J connectivity index is 1.55. The maximum Gasteiger partial charge on any atom is 0.245 e. The van der Waals surface area contributed by atoms with Crippen LogP contribution in [0.25, 0.3) is 0 Å². The molecule has 4 saturated carbocycles. The molecule has 0 bridgehead atoms. The van der Waals surface area contributed by atoms with Gasteiger partial charge in [0.15, 0.2) is 23.0 Å². The maximum atomic E-state index is 14.8. The molecule has 20 heavy (non-hydrogen) atoms. The van der Waals surface area contributed by atoms with Gasteiger partial charge in [-0.05, 0) is 23.7 Å². The van der Waals surface area contributed by atoms with Crippen LogP contribution in [-0.2, 0) is 0 Å². The van der Waals surface area contributed by atoms with Gasteiger partial charge in [-0.25, -0.2) is 26.3 Å². The van der Waals surface area contributed by atoms with Crippen molar-refractivity contribution in [1.29, 1.82) is 0 Å². The van der Waals surface area contributed by atoms with Crippen molar-refractivity contribution in [2.75, 3.05) is 0 Å². The van der Waals surface area contributed by atoms with Gasteiger partial charge in [-0.15, -0.1) is 0 Å². The summed E-state index contributed by atoms with van der Waals surface area (Å²) < 4.78 is 85.1. The summed E-state index contributed by atoms with van der Waals surface area (Å²) in [5, 5.41) is 0. The number of fused-ring (bicyclic) bond motifs is 13. The van der Waals surface area contributed by atoms with Crippen molar-refractivity contribution in [3.8, 4) is 0 Å². The Labute approximate surface area is 109 Å². The van der Waals surface area contributed by atoms with Crippen molar-refractivity contribution >= 4 is 0 Å². The summed E-state index contributed by atoms with van der Waals surface area (Å²) in [6.07, 6.45) is 3.70. The average molecular weight is 290 g/mol. The van der Waals surface area contributed by atoms with Crippen LogP contribution in [0.3, 0.4) is 0 Å². The van der Waals surface area contributed by atoms with Gasteiger partial charge in [-0.3, -0.25) is 0 Å². The van der Waals surface area contributed by atoms with E-state index >= 15 is 0 Å². The van der Waals surface area contributed by atoms with Crippen LogP contribution >= 0.6 is 0 Å². The molecule has 0 saturated heterocycles. The van der Waals surface area contributed by atoms with Crippen molar-refractivity contribution in [3.63, 3.8) is 0 Å². The van der Waals surface area contributed by atoms with E-state index in [2.05, 4.69) is 0 Å². The minimum Gasteiger partial charge on any atom is -0.236 e. The molecule has 0 aromatic carbocycles. The molecule has 0 N–H and O–H groups in total. The number of hydrogen-bond acceptors (Lipinski definition) is 0. The SMILES string of the molecule is FC1=C(F)[C@]2(F)[C@@]1(F)[C@@]1(F)[C@@H]3[C@H]4[C@@H]5C=C[C@@H]5[C@H]4[C@@H]3[C@@]21F. The molecule has 0 nitrogen and oxygen atoms in total.